The van der Waals surface area contributed by atoms with Crippen LogP contribution in [0.5, 0.6) is 0 Å². The number of rotatable bonds is 6. The number of nitrogens with one attached hydrogen (secondary N) is 1. The Labute approximate surface area is 169 Å². The standard InChI is InChI=1S/C23H23N3O3/c1-23(2,3)20-15-21(26-29-20)25-22(28)14-17-4-7-18(8-5-17)19(27)9-6-16-10-12-24-13-11-16/h4-13,15H,14H2,1-3H3,(H,25,26,28)/b9-6+. The zero-order valence-electron chi connectivity index (χ0n) is 16.7. The van der Waals surface area contributed by atoms with Crippen molar-refractivity contribution < 1.29 is 14.1 Å². The van der Waals surface area contributed by atoms with E-state index in [0.717, 1.165) is 11.1 Å². The molecule has 0 bridgehead atoms. The quantitative estimate of drug-likeness (QED) is 0.497. The van der Waals surface area contributed by atoms with Gasteiger partial charge < -0.3 is 9.84 Å². The summed E-state index contributed by atoms with van der Waals surface area (Å²) >= 11 is 0. The highest BCUT2D eigenvalue weighted by Gasteiger charge is 2.20. The van der Waals surface area contributed by atoms with E-state index in [2.05, 4.69) is 15.5 Å². The minimum Gasteiger partial charge on any atom is -0.359 e. The van der Waals surface area contributed by atoms with Gasteiger partial charge in [0.15, 0.2) is 11.6 Å². The van der Waals surface area contributed by atoms with Gasteiger partial charge in [-0.1, -0.05) is 56.3 Å². The number of pyridine rings is 1. The smallest absolute Gasteiger partial charge is 0.230 e. The molecule has 148 valence electrons. The molecule has 0 saturated carbocycles. The van der Waals surface area contributed by atoms with Gasteiger partial charge in [-0.2, -0.15) is 0 Å². The van der Waals surface area contributed by atoms with E-state index < -0.39 is 0 Å². The predicted octanol–water partition coefficient (Wildman–Crippen LogP) is 4.44. The molecular formula is C23H23N3O3. The molecule has 1 aromatic carbocycles. The van der Waals surface area contributed by atoms with Crippen LogP contribution in [0, 0.1) is 0 Å². The van der Waals surface area contributed by atoms with Crippen LogP contribution in [0.1, 0.15) is 48.0 Å². The first-order valence-electron chi connectivity index (χ1n) is 9.30. The predicted molar refractivity (Wildman–Crippen MR) is 112 cm³/mol. The Morgan fingerprint density at radius 3 is 2.38 bits per heavy atom. The Bertz CT molecular complexity index is 1010. The second kappa shape index (κ2) is 8.65. The largest absolute Gasteiger partial charge is 0.359 e. The van der Waals surface area contributed by atoms with Crippen molar-refractivity contribution in [3.05, 3.63) is 83.4 Å². The molecule has 0 radical (unpaired) electrons. The average molecular weight is 389 g/mol. The Balaban J connectivity index is 1.57. The summed E-state index contributed by atoms with van der Waals surface area (Å²) in [7, 11) is 0. The molecule has 3 aromatic rings. The first-order chi connectivity index (χ1) is 13.8. The molecule has 2 aromatic heterocycles. The van der Waals surface area contributed by atoms with Crippen LogP contribution in [-0.4, -0.2) is 21.8 Å². The van der Waals surface area contributed by atoms with Crippen molar-refractivity contribution in [3.8, 4) is 0 Å². The van der Waals surface area contributed by atoms with Crippen LogP contribution in [-0.2, 0) is 16.6 Å². The summed E-state index contributed by atoms with van der Waals surface area (Å²) in [5, 5.41) is 6.62. The lowest BCUT2D eigenvalue weighted by molar-refractivity contribution is -0.115. The molecule has 6 nitrogen and oxygen atoms in total. The first-order valence-corrected chi connectivity index (χ1v) is 9.30. The molecule has 0 atom stereocenters. The molecular weight excluding hydrogens is 366 g/mol. The van der Waals surface area contributed by atoms with Crippen molar-refractivity contribution in [2.24, 2.45) is 0 Å². The van der Waals surface area contributed by atoms with Crippen molar-refractivity contribution >= 4 is 23.6 Å². The van der Waals surface area contributed by atoms with Crippen molar-refractivity contribution in [2.45, 2.75) is 32.6 Å². The van der Waals surface area contributed by atoms with E-state index in [0.29, 0.717) is 17.1 Å². The third-order valence-corrected chi connectivity index (χ3v) is 4.25. The molecule has 0 aliphatic carbocycles. The molecule has 0 unspecified atom stereocenters. The summed E-state index contributed by atoms with van der Waals surface area (Å²) in [6.45, 7) is 6.02. The molecule has 0 aliphatic rings. The number of ketones is 1. The topological polar surface area (TPSA) is 85.1 Å². The summed E-state index contributed by atoms with van der Waals surface area (Å²) in [5.41, 5.74) is 2.09. The van der Waals surface area contributed by atoms with E-state index in [-0.39, 0.29) is 23.5 Å². The van der Waals surface area contributed by atoms with Gasteiger partial charge in [-0.25, -0.2) is 0 Å². The van der Waals surface area contributed by atoms with E-state index in [4.69, 9.17) is 4.52 Å². The van der Waals surface area contributed by atoms with Gasteiger partial charge in [0.25, 0.3) is 0 Å². The lowest BCUT2D eigenvalue weighted by Crippen LogP contribution is -2.15. The second-order valence-electron chi connectivity index (χ2n) is 7.73. The number of allylic oxidation sites excluding steroid dienone is 1. The summed E-state index contributed by atoms with van der Waals surface area (Å²) < 4.78 is 5.27. The zero-order valence-corrected chi connectivity index (χ0v) is 16.7. The molecule has 1 amide bonds. The number of anilines is 1. The highest BCUT2D eigenvalue weighted by molar-refractivity contribution is 6.06. The molecule has 3 rings (SSSR count). The molecule has 0 saturated heterocycles. The van der Waals surface area contributed by atoms with Crippen LogP contribution >= 0.6 is 0 Å². The highest BCUT2D eigenvalue weighted by atomic mass is 16.5. The number of carbonyl (C=O) groups is 2. The van der Waals surface area contributed by atoms with Gasteiger partial charge in [-0.3, -0.25) is 14.6 Å². The van der Waals surface area contributed by atoms with Crippen LogP contribution in [0.2, 0.25) is 0 Å². The third kappa shape index (κ3) is 5.72. The van der Waals surface area contributed by atoms with Crippen LogP contribution in [0.3, 0.4) is 0 Å². The molecule has 0 spiro atoms. The fraction of sp³-hybridized carbons (Fsp3) is 0.217. The van der Waals surface area contributed by atoms with Gasteiger partial charge in [0.2, 0.25) is 5.91 Å². The number of amides is 1. The third-order valence-electron chi connectivity index (χ3n) is 4.25. The number of carbonyl (C=O) groups excluding carboxylic acids is 2. The molecule has 0 aliphatic heterocycles. The van der Waals surface area contributed by atoms with Gasteiger partial charge >= 0.3 is 0 Å². The van der Waals surface area contributed by atoms with E-state index in [1.165, 1.54) is 6.08 Å². The van der Waals surface area contributed by atoms with Gasteiger partial charge in [0.05, 0.1) is 6.42 Å². The van der Waals surface area contributed by atoms with Crippen molar-refractivity contribution in [3.63, 3.8) is 0 Å². The Kier molecular flexibility index (Phi) is 6.02. The maximum Gasteiger partial charge on any atom is 0.230 e. The highest BCUT2D eigenvalue weighted by Crippen LogP contribution is 2.24. The average Bonchev–Trinajstić information content (AvgIpc) is 3.16. The van der Waals surface area contributed by atoms with Crippen LogP contribution in [0.4, 0.5) is 5.82 Å². The van der Waals surface area contributed by atoms with E-state index in [1.807, 2.05) is 32.9 Å². The van der Waals surface area contributed by atoms with E-state index >= 15 is 0 Å². The molecule has 2 heterocycles. The molecule has 29 heavy (non-hydrogen) atoms. The zero-order chi connectivity index (χ0) is 20.9. The van der Waals surface area contributed by atoms with Crippen LogP contribution in [0.15, 0.2) is 65.5 Å². The summed E-state index contributed by atoms with van der Waals surface area (Å²) in [4.78, 5) is 28.5. The first kappa shape index (κ1) is 20.2. The molecule has 1 N–H and O–H groups in total. The number of hydrogen-bond acceptors (Lipinski definition) is 5. The lowest BCUT2D eigenvalue weighted by atomic mass is 9.93. The monoisotopic (exact) mass is 389 g/mol. The molecule has 0 fully saturated rings. The van der Waals surface area contributed by atoms with Crippen LogP contribution in [0.25, 0.3) is 6.08 Å². The maximum absolute atomic E-state index is 12.3. The fourth-order valence-electron chi connectivity index (χ4n) is 2.59. The van der Waals surface area contributed by atoms with Gasteiger partial charge in [-0.05, 0) is 29.3 Å². The van der Waals surface area contributed by atoms with Gasteiger partial charge in [0, 0.05) is 29.4 Å². The lowest BCUT2D eigenvalue weighted by Gasteiger charge is -2.12. The number of aromatic nitrogens is 2. The Morgan fingerprint density at radius 1 is 1.07 bits per heavy atom. The number of hydrogen-bond donors (Lipinski definition) is 1. The van der Waals surface area contributed by atoms with Gasteiger partial charge in [-0.15, -0.1) is 0 Å². The summed E-state index contributed by atoms with van der Waals surface area (Å²) in [6, 6.07) is 12.4. The minimum atomic E-state index is -0.199. The number of nitrogens with zero attached hydrogens (tertiary/aromatic N) is 2. The maximum atomic E-state index is 12.3. The number of benzene rings is 1. The molecule has 6 heteroatoms. The normalized spacial score (nSPS) is 11.6. The Morgan fingerprint density at radius 2 is 1.76 bits per heavy atom. The van der Waals surface area contributed by atoms with Crippen molar-refractivity contribution in [2.75, 3.05) is 5.32 Å². The second-order valence-corrected chi connectivity index (χ2v) is 7.73. The van der Waals surface area contributed by atoms with Gasteiger partial charge in [0.1, 0.15) is 5.76 Å². The van der Waals surface area contributed by atoms with E-state index in [1.54, 1.807) is 48.8 Å². The fourth-order valence-corrected chi connectivity index (χ4v) is 2.59. The minimum absolute atomic E-state index is 0.102. The van der Waals surface area contributed by atoms with Crippen molar-refractivity contribution in [1.82, 2.24) is 10.1 Å². The summed E-state index contributed by atoms with van der Waals surface area (Å²) in [6.07, 6.45) is 6.79. The van der Waals surface area contributed by atoms with Crippen molar-refractivity contribution in [1.29, 1.82) is 0 Å². The SMILES string of the molecule is CC(C)(C)c1cc(NC(=O)Cc2ccc(C(=O)/C=C/c3ccncc3)cc2)no1. The van der Waals surface area contributed by atoms with E-state index in [9.17, 15) is 9.59 Å². The summed E-state index contributed by atoms with van der Waals surface area (Å²) in [5.74, 6) is 0.800. The Hall–Kier alpha value is -3.54. The van der Waals surface area contributed by atoms with Crippen LogP contribution < -0.4 is 5.32 Å².